The van der Waals surface area contributed by atoms with Crippen molar-refractivity contribution in [3.8, 4) is 6.07 Å². The number of aliphatic carboxylic acids is 1. The number of hydrogen-bond acceptors (Lipinski definition) is 3. The van der Waals surface area contributed by atoms with Gasteiger partial charge < -0.3 is 5.11 Å². The average molecular weight is 291 g/mol. The van der Waals surface area contributed by atoms with Crippen LogP contribution in [0.1, 0.15) is 44.2 Å². The molecule has 0 aliphatic carbocycles. The van der Waals surface area contributed by atoms with Gasteiger partial charge in [-0.3, -0.25) is 9.59 Å². The molecule has 0 saturated carbocycles. The lowest BCUT2D eigenvalue weighted by Gasteiger charge is -2.25. The lowest BCUT2D eigenvalue weighted by molar-refractivity contribution is -0.152. The number of benzene rings is 1. The SMILES string of the molecule is CCC(CC)(CC(=O)Cc1cc(F)cc(C#N)c1)C(=O)O. The molecule has 0 amide bonds. The van der Waals surface area contributed by atoms with Crippen LogP contribution in [0.3, 0.4) is 0 Å². The minimum Gasteiger partial charge on any atom is -0.481 e. The highest BCUT2D eigenvalue weighted by atomic mass is 19.1. The van der Waals surface area contributed by atoms with E-state index in [2.05, 4.69) is 0 Å². The van der Waals surface area contributed by atoms with Gasteiger partial charge in [-0.1, -0.05) is 13.8 Å². The second-order valence-electron chi connectivity index (χ2n) is 5.14. The summed E-state index contributed by atoms with van der Waals surface area (Å²) < 4.78 is 13.3. The molecule has 0 bridgehead atoms. The summed E-state index contributed by atoms with van der Waals surface area (Å²) in [6.07, 6.45) is 0.559. The van der Waals surface area contributed by atoms with Gasteiger partial charge in [0.05, 0.1) is 17.0 Å². The van der Waals surface area contributed by atoms with Gasteiger partial charge in [0.2, 0.25) is 0 Å². The molecule has 0 fully saturated rings. The number of rotatable bonds is 7. The second kappa shape index (κ2) is 6.98. The first-order valence-corrected chi connectivity index (χ1v) is 6.81. The van der Waals surface area contributed by atoms with E-state index in [-0.39, 0.29) is 24.2 Å². The molecule has 0 heterocycles. The maximum absolute atomic E-state index is 13.3. The molecule has 1 rings (SSSR count). The van der Waals surface area contributed by atoms with Crippen LogP contribution in [0.15, 0.2) is 18.2 Å². The van der Waals surface area contributed by atoms with E-state index in [1.807, 2.05) is 6.07 Å². The van der Waals surface area contributed by atoms with Crippen molar-refractivity contribution >= 4 is 11.8 Å². The van der Waals surface area contributed by atoms with Crippen LogP contribution in [0.25, 0.3) is 0 Å². The molecule has 4 nitrogen and oxygen atoms in total. The van der Waals surface area contributed by atoms with Crippen molar-refractivity contribution in [2.75, 3.05) is 0 Å². The molecule has 1 N–H and O–H groups in total. The number of nitriles is 1. The van der Waals surface area contributed by atoms with Gasteiger partial charge in [-0.25, -0.2) is 4.39 Å². The number of carboxylic acids is 1. The highest BCUT2D eigenvalue weighted by Gasteiger charge is 2.36. The first-order chi connectivity index (χ1) is 9.86. The standard InChI is InChI=1S/C16H18FNO3/c1-3-16(4-2,15(20)21)9-14(19)8-11-5-12(10-18)7-13(17)6-11/h5-7H,3-4,8-9H2,1-2H3,(H,20,21). The van der Waals surface area contributed by atoms with E-state index in [0.29, 0.717) is 18.4 Å². The number of carboxylic acid groups (broad SMARTS) is 1. The van der Waals surface area contributed by atoms with Crippen LogP contribution in [0.4, 0.5) is 4.39 Å². The zero-order valence-electron chi connectivity index (χ0n) is 12.1. The minimum atomic E-state index is -1.07. The molecule has 0 unspecified atom stereocenters. The quantitative estimate of drug-likeness (QED) is 0.837. The Morgan fingerprint density at radius 1 is 1.29 bits per heavy atom. The molecular formula is C16H18FNO3. The first-order valence-electron chi connectivity index (χ1n) is 6.81. The molecule has 1 aromatic rings. The van der Waals surface area contributed by atoms with Crippen molar-refractivity contribution < 1.29 is 19.1 Å². The summed E-state index contributed by atoms with van der Waals surface area (Å²) >= 11 is 0. The number of nitrogens with zero attached hydrogens (tertiary/aromatic N) is 1. The van der Waals surface area contributed by atoms with Gasteiger partial charge in [0, 0.05) is 12.8 Å². The van der Waals surface area contributed by atoms with Crippen LogP contribution in [-0.4, -0.2) is 16.9 Å². The van der Waals surface area contributed by atoms with Gasteiger partial charge in [-0.2, -0.15) is 5.26 Å². The van der Waals surface area contributed by atoms with Crippen LogP contribution >= 0.6 is 0 Å². The van der Waals surface area contributed by atoms with E-state index >= 15 is 0 Å². The largest absolute Gasteiger partial charge is 0.481 e. The topological polar surface area (TPSA) is 78.2 Å². The van der Waals surface area contributed by atoms with Crippen molar-refractivity contribution in [3.63, 3.8) is 0 Å². The van der Waals surface area contributed by atoms with E-state index < -0.39 is 17.2 Å². The Morgan fingerprint density at radius 3 is 2.38 bits per heavy atom. The molecule has 0 aliphatic heterocycles. The summed E-state index contributed by atoms with van der Waals surface area (Å²) in [4.78, 5) is 23.5. The third-order valence-corrected chi connectivity index (χ3v) is 3.83. The fraction of sp³-hybridized carbons (Fsp3) is 0.438. The summed E-state index contributed by atoms with van der Waals surface area (Å²) in [6, 6.07) is 5.56. The fourth-order valence-corrected chi connectivity index (χ4v) is 2.36. The van der Waals surface area contributed by atoms with Gasteiger partial charge in [0.15, 0.2) is 0 Å². The molecule has 0 radical (unpaired) electrons. The number of carbonyl (C=O) groups is 2. The summed E-state index contributed by atoms with van der Waals surface area (Å²) in [5.74, 6) is -1.83. The van der Waals surface area contributed by atoms with Crippen molar-refractivity contribution in [2.45, 2.75) is 39.5 Å². The van der Waals surface area contributed by atoms with Gasteiger partial charge in [0.25, 0.3) is 0 Å². The van der Waals surface area contributed by atoms with E-state index in [4.69, 9.17) is 5.26 Å². The summed E-state index contributed by atoms with van der Waals surface area (Å²) in [6.45, 7) is 3.47. The highest BCUT2D eigenvalue weighted by molar-refractivity contribution is 5.87. The van der Waals surface area contributed by atoms with Crippen LogP contribution in [0.5, 0.6) is 0 Å². The van der Waals surface area contributed by atoms with E-state index in [1.54, 1.807) is 13.8 Å². The highest BCUT2D eigenvalue weighted by Crippen LogP contribution is 2.31. The van der Waals surface area contributed by atoms with Crippen molar-refractivity contribution in [1.82, 2.24) is 0 Å². The van der Waals surface area contributed by atoms with E-state index in [0.717, 1.165) is 6.07 Å². The Balaban J connectivity index is 2.89. The maximum atomic E-state index is 13.3. The van der Waals surface area contributed by atoms with Gasteiger partial charge in [0.1, 0.15) is 11.6 Å². The lowest BCUT2D eigenvalue weighted by atomic mass is 9.77. The molecule has 112 valence electrons. The smallest absolute Gasteiger partial charge is 0.310 e. The first kappa shape index (κ1) is 16.8. The number of hydrogen-bond donors (Lipinski definition) is 1. The van der Waals surface area contributed by atoms with Crippen LogP contribution in [0.2, 0.25) is 0 Å². The maximum Gasteiger partial charge on any atom is 0.310 e. The summed E-state index contributed by atoms with van der Waals surface area (Å²) in [5, 5.41) is 18.1. The molecule has 5 heteroatoms. The Labute approximate surface area is 123 Å². The van der Waals surface area contributed by atoms with Crippen LogP contribution < -0.4 is 0 Å². The van der Waals surface area contributed by atoms with Crippen molar-refractivity contribution in [1.29, 1.82) is 5.26 Å². The number of halogens is 1. The lowest BCUT2D eigenvalue weighted by Crippen LogP contribution is -2.32. The predicted molar refractivity (Wildman–Crippen MR) is 75.1 cm³/mol. The monoisotopic (exact) mass is 291 g/mol. The molecule has 0 aliphatic rings. The van der Waals surface area contributed by atoms with Crippen molar-refractivity contribution in [2.24, 2.45) is 5.41 Å². The Hall–Kier alpha value is -2.22. The average Bonchev–Trinajstić information content (AvgIpc) is 2.43. The third kappa shape index (κ3) is 4.12. The molecule has 21 heavy (non-hydrogen) atoms. The summed E-state index contributed by atoms with van der Waals surface area (Å²) in [7, 11) is 0. The molecule has 0 aromatic heterocycles. The van der Waals surface area contributed by atoms with E-state index in [9.17, 15) is 19.1 Å². The number of carbonyl (C=O) groups excluding carboxylic acids is 1. The molecular weight excluding hydrogens is 273 g/mol. The summed E-state index contributed by atoms with van der Waals surface area (Å²) in [5.41, 5.74) is -0.529. The second-order valence-corrected chi connectivity index (χ2v) is 5.14. The Morgan fingerprint density at radius 2 is 1.90 bits per heavy atom. The minimum absolute atomic E-state index is 0.0680. The molecule has 0 spiro atoms. The van der Waals surface area contributed by atoms with Crippen molar-refractivity contribution in [3.05, 3.63) is 35.1 Å². The number of Topliss-reactive ketones (excluding diaryl/α,β-unsaturated/α-hetero) is 1. The Bertz CT molecular complexity index is 586. The normalized spacial score (nSPS) is 11.0. The number of ketones is 1. The Kier molecular flexibility index (Phi) is 5.60. The van der Waals surface area contributed by atoms with E-state index in [1.165, 1.54) is 12.1 Å². The van der Waals surface area contributed by atoms with Gasteiger partial charge in [-0.05, 0) is 36.6 Å². The molecule has 1 aromatic carbocycles. The van der Waals surface area contributed by atoms with Gasteiger partial charge >= 0.3 is 5.97 Å². The third-order valence-electron chi connectivity index (χ3n) is 3.83. The van der Waals surface area contributed by atoms with Gasteiger partial charge in [-0.15, -0.1) is 0 Å². The van der Waals surface area contributed by atoms with Crippen LogP contribution in [-0.2, 0) is 16.0 Å². The molecule has 0 atom stereocenters. The zero-order chi connectivity index (χ0) is 16.0. The van der Waals surface area contributed by atoms with Crippen LogP contribution in [0, 0.1) is 22.6 Å². The molecule has 0 saturated heterocycles. The zero-order valence-corrected chi connectivity index (χ0v) is 12.1. The predicted octanol–water partition coefficient (Wildman–Crippen LogP) is 3.09. The fourth-order valence-electron chi connectivity index (χ4n) is 2.36.